The number of hydrogen-bond acceptors (Lipinski definition) is 6. The number of anilines is 1. The van der Waals surface area contributed by atoms with Gasteiger partial charge in [0.15, 0.2) is 0 Å². The first-order chi connectivity index (χ1) is 16.3. The molecule has 2 aromatic rings. The topological polar surface area (TPSA) is 97.3 Å². The van der Waals surface area contributed by atoms with Crippen molar-refractivity contribution in [2.24, 2.45) is 5.10 Å². The van der Waals surface area contributed by atoms with Gasteiger partial charge >= 0.3 is 0 Å². The van der Waals surface area contributed by atoms with E-state index in [2.05, 4.69) is 10.5 Å². The molecule has 8 nitrogen and oxygen atoms in total. The van der Waals surface area contributed by atoms with Gasteiger partial charge in [-0.1, -0.05) is 37.0 Å². The average Bonchev–Trinajstić information content (AvgIpc) is 2.81. The fourth-order valence-electron chi connectivity index (χ4n) is 3.86. The van der Waals surface area contributed by atoms with Crippen LogP contribution in [0.2, 0.25) is 0 Å². The van der Waals surface area contributed by atoms with Crippen molar-refractivity contribution in [3.63, 3.8) is 0 Å². The second-order valence-electron chi connectivity index (χ2n) is 8.34. The molecule has 0 atom stereocenters. The van der Waals surface area contributed by atoms with Gasteiger partial charge in [0.05, 0.1) is 24.8 Å². The molecule has 0 aromatic heterocycles. The summed E-state index contributed by atoms with van der Waals surface area (Å²) in [5.74, 6) is 0.255. The van der Waals surface area contributed by atoms with Gasteiger partial charge in [-0.15, -0.1) is 0 Å². The highest BCUT2D eigenvalue weighted by Gasteiger charge is 2.29. The first-order valence-corrected chi connectivity index (χ1v) is 12.9. The predicted octanol–water partition coefficient (Wildman–Crippen LogP) is 4.42. The molecule has 1 fully saturated rings. The number of nitrogens with one attached hydrogen (secondary N) is 1. The van der Waals surface area contributed by atoms with Crippen LogP contribution in [0.5, 0.6) is 11.5 Å². The minimum Gasteiger partial charge on any atom is -0.497 e. The molecule has 1 aliphatic rings. The third-order valence-corrected chi connectivity index (χ3v) is 7.60. The van der Waals surface area contributed by atoms with E-state index in [0.29, 0.717) is 5.75 Å². The molecule has 1 saturated carbocycles. The lowest BCUT2D eigenvalue weighted by atomic mass is 9.99. The van der Waals surface area contributed by atoms with Crippen molar-refractivity contribution in [1.29, 1.82) is 0 Å². The minimum atomic E-state index is -4.07. The number of nitrogens with zero attached hydrogens (tertiary/aromatic N) is 2. The highest BCUT2D eigenvalue weighted by molar-refractivity contribution is 7.92. The first kappa shape index (κ1) is 25.6. The lowest BCUT2D eigenvalue weighted by molar-refractivity contribution is -0.119. The van der Waals surface area contributed by atoms with Crippen molar-refractivity contribution in [2.75, 3.05) is 25.1 Å². The van der Waals surface area contributed by atoms with E-state index in [0.717, 1.165) is 54.1 Å². The van der Waals surface area contributed by atoms with E-state index < -0.39 is 22.5 Å². The number of amides is 1. The summed E-state index contributed by atoms with van der Waals surface area (Å²) in [4.78, 5) is 13.0. The van der Waals surface area contributed by atoms with E-state index in [1.165, 1.54) is 32.8 Å². The highest BCUT2D eigenvalue weighted by Crippen LogP contribution is 2.35. The number of carbonyl (C=O) groups is 1. The number of benzene rings is 2. The monoisotopic (exact) mass is 487 g/mol. The van der Waals surface area contributed by atoms with Crippen LogP contribution in [0, 0.1) is 6.92 Å². The molecule has 34 heavy (non-hydrogen) atoms. The number of rotatable bonds is 8. The number of aryl methyl sites for hydroxylation is 1. The summed E-state index contributed by atoms with van der Waals surface area (Å²) in [6.45, 7) is 1.43. The van der Waals surface area contributed by atoms with Crippen LogP contribution in [-0.2, 0) is 14.8 Å². The SMILES string of the molecule is COc1ccc(N(CC(=O)NN=C2CCCCCCC2)S(=O)(=O)c2ccc(C)cc2)c(OC)c1. The van der Waals surface area contributed by atoms with Gasteiger partial charge in [-0.2, -0.15) is 5.10 Å². The molecule has 1 amide bonds. The van der Waals surface area contributed by atoms with Crippen LogP contribution in [0.4, 0.5) is 5.69 Å². The quantitative estimate of drug-likeness (QED) is 0.556. The standard InChI is InChI=1S/C25H33N3O5S/c1-19-11-14-22(15-12-19)34(30,31)28(23-16-13-21(32-2)17-24(23)33-3)18-25(29)27-26-20-9-7-5-4-6-8-10-20/h11-17H,4-10,18H2,1-3H3,(H,27,29). The van der Waals surface area contributed by atoms with Gasteiger partial charge in [0, 0.05) is 11.8 Å². The zero-order valence-corrected chi connectivity index (χ0v) is 20.9. The van der Waals surface area contributed by atoms with Gasteiger partial charge in [0.1, 0.15) is 18.0 Å². The summed E-state index contributed by atoms with van der Waals surface area (Å²) >= 11 is 0. The third-order valence-electron chi connectivity index (χ3n) is 5.82. The summed E-state index contributed by atoms with van der Waals surface area (Å²) in [6.07, 6.45) is 7.34. The van der Waals surface area contributed by atoms with Crippen LogP contribution in [0.3, 0.4) is 0 Å². The lowest BCUT2D eigenvalue weighted by Gasteiger charge is -2.25. The number of hydrazone groups is 1. The number of hydrogen-bond donors (Lipinski definition) is 1. The molecular weight excluding hydrogens is 454 g/mol. The van der Waals surface area contributed by atoms with Gasteiger partial charge in [0.2, 0.25) is 0 Å². The van der Waals surface area contributed by atoms with E-state index >= 15 is 0 Å². The van der Waals surface area contributed by atoms with Crippen LogP contribution in [0.15, 0.2) is 52.5 Å². The molecule has 0 saturated heterocycles. The number of ether oxygens (including phenoxy) is 2. The second kappa shape index (κ2) is 11.9. The molecule has 1 N–H and O–H groups in total. The molecule has 0 radical (unpaired) electrons. The van der Waals surface area contributed by atoms with Crippen molar-refractivity contribution < 1.29 is 22.7 Å². The fourth-order valence-corrected chi connectivity index (χ4v) is 5.29. The summed E-state index contributed by atoms with van der Waals surface area (Å²) in [7, 11) is -1.12. The predicted molar refractivity (Wildman–Crippen MR) is 133 cm³/mol. The summed E-state index contributed by atoms with van der Waals surface area (Å²) < 4.78 is 38.9. The molecule has 0 unspecified atom stereocenters. The maximum absolute atomic E-state index is 13.6. The van der Waals surface area contributed by atoms with Crippen LogP contribution in [0.1, 0.15) is 50.5 Å². The Morgan fingerprint density at radius 1 is 0.971 bits per heavy atom. The number of carbonyl (C=O) groups excluding carboxylic acids is 1. The van der Waals surface area contributed by atoms with Gasteiger partial charge in [0.25, 0.3) is 15.9 Å². The van der Waals surface area contributed by atoms with E-state index in [1.807, 2.05) is 6.92 Å². The Kier molecular flexibility index (Phi) is 8.92. The molecule has 3 rings (SSSR count). The Morgan fingerprint density at radius 3 is 2.24 bits per heavy atom. The molecule has 2 aromatic carbocycles. The van der Waals surface area contributed by atoms with Crippen LogP contribution in [0.25, 0.3) is 0 Å². The van der Waals surface area contributed by atoms with Crippen molar-refractivity contribution in [2.45, 2.75) is 56.8 Å². The molecule has 1 aliphatic carbocycles. The van der Waals surface area contributed by atoms with E-state index in [-0.39, 0.29) is 16.3 Å². The largest absolute Gasteiger partial charge is 0.497 e. The highest BCUT2D eigenvalue weighted by atomic mass is 32.2. The van der Waals surface area contributed by atoms with Crippen molar-refractivity contribution in [3.05, 3.63) is 48.0 Å². The fraction of sp³-hybridized carbons (Fsp3) is 0.440. The maximum Gasteiger partial charge on any atom is 0.264 e. The smallest absolute Gasteiger partial charge is 0.264 e. The first-order valence-electron chi connectivity index (χ1n) is 11.5. The average molecular weight is 488 g/mol. The second-order valence-corrected chi connectivity index (χ2v) is 10.2. The maximum atomic E-state index is 13.6. The molecule has 0 bridgehead atoms. The van der Waals surface area contributed by atoms with E-state index in [4.69, 9.17) is 9.47 Å². The van der Waals surface area contributed by atoms with Crippen LogP contribution < -0.4 is 19.2 Å². The Morgan fingerprint density at radius 2 is 1.62 bits per heavy atom. The Hall–Kier alpha value is -3.07. The van der Waals surface area contributed by atoms with Crippen LogP contribution in [-0.4, -0.2) is 40.8 Å². The normalized spacial score (nSPS) is 14.5. The molecule has 0 spiro atoms. The Labute approximate surface area is 202 Å². The molecule has 9 heteroatoms. The molecule has 184 valence electrons. The third kappa shape index (κ3) is 6.50. The van der Waals surface area contributed by atoms with E-state index in [9.17, 15) is 13.2 Å². The summed E-state index contributed by atoms with van der Waals surface area (Å²) in [5, 5.41) is 4.31. The summed E-state index contributed by atoms with van der Waals surface area (Å²) in [6, 6.07) is 11.3. The van der Waals surface area contributed by atoms with E-state index in [1.54, 1.807) is 30.3 Å². The van der Waals surface area contributed by atoms with Crippen molar-refractivity contribution >= 4 is 27.3 Å². The molecule has 0 heterocycles. The Bertz CT molecular complexity index is 1100. The van der Waals surface area contributed by atoms with Gasteiger partial charge < -0.3 is 9.47 Å². The molecule has 0 aliphatic heterocycles. The minimum absolute atomic E-state index is 0.0788. The van der Waals surface area contributed by atoms with Crippen molar-refractivity contribution in [3.8, 4) is 11.5 Å². The number of sulfonamides is 1. The van der Waals surface area contributed by atoms with Crippen molar-refractivity contribution in [1.82, 2.24) is 5.43 Å². The Balaban J connectivity index is 1.92. The lowest BCUT2D eigenvalue weighted by Crippen LogP contribution is -2.40. The molecular formula is C25H33N3O5S. The zero-order chi connectivity index (χ0) is 24.6. The zero-order valence-electron chi connectivity index (χ0n) is 20.0. The van der Waals surface area contributed by atoms with Gasteiger partial charge in [-0.25, -0.2) is 13.8 Å². The van der Waals surface area contributed by atoms with Crippen LogP contribution >= 0.6 is 0 Å². The number of methoxy groups -OCH3 is 2. The summed E-state index contributed by atoms with van der Waals surface area (Å²) in [5.41, 5.74) is 4.68. The van der Waals surface area contributed by atoms with Gasteiger partial charge in [-0.3, -0.25) is 9.10 Å². The van der Waals surface area contributed by atoms with Gasteiger partial charge in [-0.05, 0) is 56.9 Å².